The average molecular weight is 442 g/mol. The number of hydrogen-bond donors (Lipinski definition) is 2. The van der Waals surface area contributed by atoms with Gasteiger partial charge < -0.3 is 15.4 Å². The molecule has 1 aliphatic heterocycles. The molecule has 0 saturated heterocycles. The zero-order valence-electron chi connectivity index (χ0n) is 16.5. The first-order chi connectivity index (χ1) is 14.4. The smallest absolute Gasteiger partial charge is 0.234 e. The second kappa shape index (κ2) is 9.70. The fourth-order valence-electron chi connectivity index (χ4n) is 3.09. The number of hydrogen-bond acceptors (Lipinski definition) is 5. The van der Waals surface area contributed by atoms with Gasteiger partial charge in [0.1, 0.15) is 5.75 Å². The molecule has 0 aromatic heterocycles. The van der Waals surface area contributed by atoms with Crippen molar-refractivity contribution in [3.05, 3.63) is 69.2 Å². The second-order valence-corrected chi connectivity index (χ2v) is 8.15. The van der Waals surface area contributed by atoms with Crippen molar-refractivity contribution in [3.63, 3.8) is 0 Å². The largest absolute Gasteiger partial charge is 0.495 e. The van der Waals surface area contributed by atoms with E-state index in [1.165, 1.54) is 7.11 Å². The van der Waals surface area contributed by atoms with E-state index >= 15 is 0 Å². The Bertz CT molecular complexity index is 1040. The molecule has 0 bridgehead atoms. The van der Waals surface area contributed by atoms with Crippen LogP contribution in [0.25, 0.3) is 0 Å². The molecule has 0 spiro atoms. The van der Waals surface area contributed by atoms with Crippen LogP contribution in [-0.4, -0.2) is 24.7 Å². The molecule has 2 N–H and O–H groups in total. The zero-order valence-corrected chi connectivity index (χ0v) is 18.1. The molecule has 2 aromatic rings. The van der Waals surface area contributed by atoms with Crippen LogP contribution in [0.3, 0.4) is 0 Å². The van der Waals surface area contributed by atoms with Crippen LogP contribution in [0.15, 0.2) is 53.1 Å². The molecule has 30 heavy (non-hydrogen) atoms. The number of methoxy groups -OCH3 is 1. The summed E-state index contributed by atoms with van der Waals surface area (Å²) in [6.07, 6.45) is 0.130. The highest BCUT2D eigenvalue weighted by Gasteiger charge is 2.30. The van der Waals surface area contributed by atoms with Gasteiger partial charge in [-0.05, 0) is 36.8 Å². The summed E-state index contributed by atoms with van der Waals surface area (Å²) in [6, 6.07) is 14.9. The number of aryl methyl sites for hydroxylation is 1. The van der Waals surface area contributed by atoms with Crippen LogP contribution in [-0.2, 0) is 9.59 Å². The quantitative estimate of drug-likeness (QED) is 0.694. The van der Waals surface area contributed by atoms with Crippen LogP contribution >= 0.6 is 23.4 Å². The van der Waals surface area contributed by atoms with Crippen LogP contribution in [0.4, 0.5) is 5.69 Å². The van der Waals surface area contributed by atoms with Crippen molar-refractivity contribution in [2.45, 2.75) is 19.3 Å². The summed E-state index contributed by atoms with van der Waals surface area (Å²) >= 11 is 7.35. The van der Waals surface area contributed by atoms with E-state index in [4.69, 9.17) is 16.3 Å². The van der Waals surface area contributed by atoms with Gasteiger partial charge in [-0.2, -0.15) is 5.26 Å². The molecule has 0 fully saturated rings. The number of halogens is 1. The first-order valence-corrected chi connectivity index (χ1v) is 10.5. The van der Waals surface area contributed by atoms with Crippen LogP contribution in [0.2, 0.25) is 5.02 Å². The SMILES string of the molecule is COc1ccc([C@@H]2CC(=O)NC(SCC(=O)Nc3ccc(C)cc3)=C2C#N)cc1Cl. The maximum absolute atomic E-state index is 12.3. The van der Waals surface area contributed by atoms with Crippen molar-refractivity contribution in [2.24, 2.45) is 0 Å². The predicted molar refractivity (Wildman–Crippen MR) is 118 cm³/mol. The molecule has 0 saturated carbocycles. The van der Waals surface area contributed by atoms with Gasteiger partial charge >= 0.3 is 0 Å². The molecular weight excluding hydrogens is 422 g/mol. The Morgan fingerprint density at radius 2 is 2.07 bits per heavy atom. The number of carbonyl (C=O) groups is 2. The minimum Gasteiger partial charge on any atom is -0.495 e. The molecule has 8 heteroatoms. The highest BCUT2D eigenvalue weighted by atomic mass is 35.5. The third-order valence-electron chi connectivity index (χ3n) is 4.62. The van der Waals surface area contributed by atoms with E-state index in [9.17, 15) is 14.9 Å². The fraction of sp³-hybridized carbons (Fsp3) is 0.227. The lowest BCUT2D eigenvalue weighted by molar-refractivity contribution is -0.121. The number of allylic oxidation sites excluding steroid dienone is 1. The lowest BCUT2D eigenvalue weighted by Gasteiger charge is -2.25. The first-order valence-electron chi connectivity index (χ1n) is 9.18. The molecule has 6 nitrogen and oxygen atoms in total. The number of nitriles is 1. The molecule has 0 unspecified atom stereocenters. The molecule has 0 aliphatic carbocycles. The third kappa shape index (κ3) is 5.15. The van der Waals surface area contributed by atoms with Gasteiger partial charge in [0, 0.05) is 18.0 Å². The Morgan fingerprint density at radius 3 is 2.70 bits per heavy atom. The van der Waals surface area contributed by atoms with Gasteiger partial charge in [-0.15, -0.1) is 0 Å². The van der Waals surface area contributed by atoms with Gasteiger partial charge in [-0.25, -0.2) is 0 Å². The van der Waals surface area contributed by atoms with Crippen LogP contribution < -0.4 is 15.4 Å². The van der Waals surface area contributed by atoms with E-state index in [-0.39, 0.29) is 24.0 Å². The molecular formula is C22H20ClN3O3S. The Balaban J connectivity index is 1.77. The van der Waals surface area contributed by atoms with Crippen molar-refractivity contribution < 1.29 is 14.3 Å². The summed E-state index contributed by atoms with van der Waals surface area (Å²) in [6.45, 7) is 1.97. The fourth-order valence-corrected chi connectivity index (χ4v) is 4.23. The number of nitrogens with zero attached hydrogens (tertiary/aromatic N) is 1. The second-order valence-electron chi connectivity index (χ2n) is 6.76. The van der Waals surface area contributed by atoms with E-state index in [1.807, 2.05) is 31.2 Å². The molecule has 0 radical (unpaired) electrons. The highest BCUT2D eigenvalue weighted by molar-refractivity contribution is 8.03. The maximum Gasteiger partial charge on any atom is 0.234 e. The van der Waals surface area contributed by atoms with Crippen LogP contribution in [0, 0.1) is 18.3 Å². The van der Waals surface area contributed by atoms with Crippen molar-refractivity contribution in [1.29, 1.82) is 5.26 Å². The molecule has 2 amide bonds. The van der Waals surface area contributed by atoms with Gasteiger partial charge in [0.2, 0.25) is 11.8 Å². The Kier molecular flexibility index (Phi) is 7.03. The topological polar surface area (TPSA) is 91.2 Å². The number of amides is 2. The van der Waals surface area contributed by atoms with Gasteiger partial charge in [0.15, 0.2) is 0 Å². The lowest BCUT2D eigenvalue weighted by atomic mass is 9.87. The number of carbonyl (C=O) groups excluding carboxylic acids is 2. The maximum atomic E-state index is 12.3. The van der Waals surface area contributed by atoms with Gasteiger partial charge in [0.05, 0.1) is 34.6 Å². The van der Waals surface area contributed by atoms with Gasteiger partial charge in [-0.3, -0.25) is 9.59 Å². The molecule has 1 heterocycles. The van der Waals surface area contributed by atoms with Crippen LogP contribution in [0.5, 0.6) is 5.75 Å². The number of benzene rings is 2. The summed E-state index contributed by atoms with van der Waals surface area (Å²) in [4.78, 5) is 24.6. The van der Waals surface area contributed by atoms with E-state index in [0.717, 1.165) is 22.9 Å². The van der Waals surface area contributed by atoms with E-state index in [0.29, 0.717) is 27.1 Å². The summed E-state index contributed by atoms with van der Waals surface area (Å²) in [7, 11) is 1.52. The molecule has 1 atom stereocenters. The Labute approximate surface area is 184 Å². The van der Waals surface area contributed by atoms with Crippen molar-refractivity contribution >= 4 is 40.9 Å². The van der Waals surface area contributed by atoms with Gasteiger partial charge in [0.25, 0.3) is 0 Å². The molecule has 2 aromatic carbocycles. The monoisotopic (exact) mass is 441 g/mol. The normalized spacial score (nSPS) is 15.9. The molecule has 154 valence electrons. The minimum atomic E-state index is -0.435. The van der Waals surface area contributed by atoms with E-state index in [2.05, 4.69) is 16.7 Å². The summed E-state index contributed by atoms with van der Waals surface area (Å²) in [5, 5.41) is 16.1. The Morgan fingerprint density at radius 1 is 1.33 bits per heavy atom. The summed E-state index contributed by atoms with van der Waals surface area (Å²) in [5.74, 6) is -0.296. The average Bonchev–Trinajstić information content (AvgIpc) is 2.73. The van der Waals surface area contributed by atoms with Crippen molar-refractivity contribution in [1.82, 2.24) is 5.32 Å². The highest BCUT2D eigenvalue weighted by Crippen LogP contribution is 2.38. The number of thioether (sulfide) groups is 1. The number of ether oxygens (including phenoxy) is 1. The zero-order chi connectivity index (χ0) is 21.7. The number of nitrogens with one attached hydrogen (secondary N) is 2. The summed E-state index contributed by atoms with van der Waals surface area (Å²) < 4.78 is 5.17. The number of rotatable bonds is 6. The number of anilines is 1. The first kappa shape index (κ1) is 21.8. The molecule has 3 rings (SSSR count). The van der Waals surface area contributed by atoms with Crippen molar-refractivity contribution in [2.75, 3.05) is 18.2 Å². The molecule has 1 aliphatic rings. The standard InChI is InChI=1S/C22H20ClN3O3S/c1-13-3-6-15(7-4-13)25-21(28)12-30-22-17(11-24)16(10-20(27)26-22)14-5-8-19(29-2)18(23)9-14/h3-9,16H,10,12H2,1-2H3,(H,25,28)(H,26,27)/t16-/m0/s1. The minimum absolute atomic E-state index is 0.0603. The van der Waals surface area contributed by atoms with Gasteiger partial charge in [-0.1, -0.05) is 47.1 Å². The van der Waals surface area contributed by atoms with Crippen LogP contribution in [0.1, 0.15) is 23.5 Å². The Hall–Kier alpha value is -2.95. The summed E-state index contributed by atoms with van der Waals surface area (Å²) in [5.41, 5.74) is 2.94. The van der Waals surface area contributed by atoms with Crippen molar-refractivity contribution in [3.8, 4) is 11.8 Å². The predicted octanol–water partition coefficient (Wildman–Crippen LogP) is 4.37. The van der Waals surface area contributed by atoms with E-state index in [1.54, 1.807) is 18.2 Å². The van der Waals surface area contributed by atoms with E-state index < -0.39 is 5.92 Å². The third-order valence-corrected chi connectivity index (χ3v) is 5.93. The lowest BCUT2D eigenvalue weighted by Crippen LogP contribution is -2.31.